The molecule has 0 spiro atoms. The minimum Gasteiger partial charge on any atom is -0.490 e. The third kappa shape index (κ3) is 3.19. The lowest BCUT2D eigenvalue weighted by molar-refractivity contribution is -0.0680. The topological polar surface area (TPSA) is 47.9 Å². The molecule has 0 aliphatic carbocycles. The van der Waals surface area contributed by atoms with Crippen LogP contribution in [0.4, 0.5) is 0 Å². The van der Waals surface area contributed by atoms with Gasteiger partial charge in [-0.05, 0) is 31.5 Å². The smallest absolute Gasteiger partial charge is 0.161 e. The number of aliphatic hydroxyl groups is 1. The predicted octanol–water partition coefficient (Wildman–Crippen LogP) is 2.48. The van der Waals surface area contributed by atoms with E-state index in [0.717, 1.165) is 11.3 Å². The number of hydrogen-bond acceptors (Lipinski definition) is 4. The summed E-state index contributed by atoms with van der Waals surface area (Å²) >= 11 is 0. The number of benzene rings is 1. The monoisotopic (exact) mass is 266 g/mol. The van der Waals surface area contributed by atoms with Gasteiger partial charge < -0.3 is 19.3 Å². The molecule has 0 amide bonds. The molecule has 106 valence electrons. The van der Waals surface area contributed by atoms with Gasteiger partial charge in [-0.2, -0.15) is 0 Å². The van der Waals surface area contributed by atoms with Crippen molar-refractivity contribution in [3.05, 3.63) is 23.8 Å². The van der Waals surface area contributed by atoms with E-state index in [-0.39, 0.29) is 0 Å². The minimum atomic E-state index is -0.811. The molecule has 1 N–H and O–H groups in total. The van der Waals surface area contributed by atoms with E-state index in [1.54, 1.807) is 0 Å². The first-order valence-corrected chi connectivity index (χ1v) is 6.90. The molecule has 4 heteroatoms. The molecule has 19 heavy (non-hydrogen) atoms. The van der Waals surface area contributed by atoms with Gasteiger partial charge in [-0.15, -0.1) is 0 Å². The Kier molecular flexibility index (Phi) is 4.66. The highest BCUT2D eigenvalue weighted by atomic mass is 16.5. The van der Waals surface area contributed by atoms with Crippen molar-refractivity contribution < 1.29 is 19.3 Å². The van der Waals surface area contributed by atoms with Crippen LogP contribution in [-0.2, 0) is 10.3 Å². The molecule has 0 atom stereocenters. The summed E-state index contributed by atoms with van der Waals surface area (Å²) in [5, 5.41) is 10.7. The number of ether oxygens (including phenoxy) is 3. The number of hydrogen-bond donors (Lipinski definition) is 1. The Labute approximate surface area is 114 Å². The third-order valence-corrected chi connectivity index (χ3v) is 3.40. The Morgan fingerprint density at radius 2 is 1.74 bits per heavy atom. The molecule has 0 radical (unpaired) electrons. The lowest BCUT2D eigenvalue weighted by atomic mass is 9.86. The van der Waals surface area contributed by atoms with Crippen LogP contribution in [0.1, 0.15) is 32.3 Å². The van der Waals surface area contributed by atoms with Gasteiger partial charge in [0.15, 0.2) is 11.5 Å². The van der Waals surface area contributed by atoms with Crippen LogP contribution in [0.2, 0.25) is 0 Å². The quantitative estimate of drug-likeness (QED) is 0.889. The molecule has 1 aliphatic rings. The predicted molar refractivity (Wildman–Crippen MR) is 72.7 cm³/mol. The minimum absolute atomic E-state index is 0.574. The maximum absolute atomic E-state index is 10.7. The molecule has 1 aliphatic heterocycles. The van der Waals surface area contributed by atoms with E-state index in [9.17, 15) is 5.11 Å². The lowest BCUT2D eigenvalue weighted by Crippen LogP contribution is -2.33. The molecular formula is C15H22O4. The second-order valence-corrected chi connectivity index (χ2v) is 4.67. The van der Waals surface area contributed by atoms with Crippen LogP contribution in [0, 0.1) is 0 Å². The Bertz CT molecular complexity index is 411. The summed E-state index contributed by atoms with van der Waals surface area (Å²) in [6.45, 7) is 6.23. The van der Waals surface area contributed by atoms with Crippen LogP contribution >= 0.6 is 0 Å². The molecular weight excluding hydrogens is 244 g/mol. The van der Waals surface area contributed by atoms with Crippen molar-refractivity contribution >= 4 is 0 Å². The van der Waals surface area contributed by atoms with Gasteiger partial charge in [0.25, 0.3) is 0 Å². The van der Waals surface area contributed by atoms with Crippen LogP contribution in [0.3, 0.4) is 0 Å². The van der Waals surface area contributed by atoms with Crippen molar-refractivity contribution in [2.45, 2.75) is 32.3 Å². The van der Waals surface area contributed by atoms with Gasteiger partial charge in [0.1, 0.15) is 0 Å². The van der Waals surface area contributed by atoms with Gasteiger partial charge in [0.2, 0.25) is 0 Å². The highest BCUT2D eigenvalue weighted by Crippen LogP contribution is 2.37. The Morgan fingerprint density at radius 1 is 1.11 bits per heavy atom. The van der Waals surface area contributed by atoms with Crippen LogP contribution in [0.25, 0.3) is 0 Å². The van der Waals surface area contributed by atoms with Crippen molar-refractivity contribution in [1.29, 1.82) is 0 Å². The average Bonchev–Trinajstić information content (AvgIpc) is 2.42. The van der Waals surface area contributed by atoms with E-state index in [1.165, 1.54) is 0 Å². The first-order chi connectivity index (χ1) is 9.19. The second-order valence-electron chi connectivity index (χ2n) is 4.67. The van der Waals surface area contributed by atoms with Crippen LogP contribution in [0.5, 0.6) is 11.5 Å². The van der Waals surface area contributed by atoms with Crippen molar-refractivity contribution in [1.82, 2.24) is 0 Å². The first-order valence-electron chi connectivity index (χ1n) is 6.90. The first kappa shape index (κ1) is 14.2. The largest absolute Gasteiger partial charge is 0.490 e. The molecule has 1 saturated heterocycles. The third-order valence-electron chi connectivity index (χ3n) is 3.40. The molecule has 0 unspecified atom stereocenters. The van der Waals surface area contributed by atoms with E-state index in [4.69, 9.17) is 14.2 Å². The summed E-state index contributed by atoms with van der Waals surface area (Å²) in [4.78, 5) is 0. The van der Waals surface area contributed by atoms with Gasteiger partial charge in [-0.25, -0.2) is 0 Å². The van der Waals surface area contributed by atoms with E-state index in [1.807, 2.05) is 32.0 Å². The molecule has 1 fully saturated rings. The molecule has 1 heterocycles. The van der Waals surface area contributed by atoms with Crippen molar-refractivity contribution in [2.75, 3.05) is 26.4 Å². The van der Waals surface area contributed by atoms with Gasteiger partial charge >= 0.3 is 0 Å². The highest BCUT2D eigenvalue weighted by Gasteiger charge is 2.32. The molecule has 1 aromatic carbocycles. The standard InChI is InChI=1S/C15H22O4/c1-3-18-13-6-5-12(11-14(13)19-4-2)15(16)7-9-17-10-8-15/h5-6,11,16H,3-4,7-10H2,1-2H3. The average molecular weight is 266 g/mol. The van der Waals surface area contributed by atoms with Crippen molar-refractivity contribution in [3.8, 4) is 11.5 Å². The maximum atomic E-state index is 10.7. The molecule has 4 nitrogen and oxygen atoms in total. The fraction of sp³-hybridized carbons (Fsp3) is 0.600. The lowest BCUT2D eigenvalue weighted by Gasteiger charge is -2.32. The summed E-state index contributed by atoms with van der Waals surface area (Å²) < 4.78 is 16.4. The van der Waals surface area contributed by atoms with Gasteiger partial charge in [-0.1, -0.05) is 6.07 Å². The summed E-state index contributed by atoms with van der Waals surface area (Å²) in [6.07, 6.45) is 1.24. The van der Waals surface area contributed by atoms with E-state index in [2.05, 4.69) is 0 Å². The summed E-state index contributed by atoms with van der Waals surface area (Å²) in [6, 6.07) is 5.68. The van der Waals surface area contributed by atoms with E-state index >= 15 is 0 Å². The Morgan fingerprint density at radius 3 is 2.37 bits per heavy atom. The summed E-state index contributed by atoms with van der Waals surface area (Å²) in [5.41, 5.74) is 0.0668. The zero-order chi connectivity index (χ0) is 13.7. The summed E-state index contributed by atoms with van der Waals surface area (Å²) in [5.74, 6) is 1.42. The Hall–Kier alpha value is -1.26. The van der Waals surface area contributed by atoms with Crippen molar-refractivity contribution in [3.63, 3.8) is 0 Å². The fourth-order valence-electron chi connectivity index (χ4n) is 2.34. The van der Waals surface area contributed by atoms with E-state index < -0.39 is 5.60 Å². The van der Waals surface area contributed by atoms with Crippen LogP contribution in [0.15, 0.2) is 18.2 Å². The van der Waals surface area contributed by atoms with Gasteiger partial charge in [0, 0.05) is 26.1 Å². The van der Waals surface area contributed by atoms with Gasteiger partial charge in [-0.3, -0.25) is 0 Å². The molecule has 1 aromatic rings. The van der Waals surface area contributed by atoms with Crippen LogP contribution < -0.4 is 9.47 Å². The second kappa shape index (κ2) is 6.26. The maximum Gasteiger partial charge on any atom is 0.161 e. The number of rotatable bonds is 5. The molecule has 0 aromatic heterocycles. The fourth-order valence-corrected chi connectivity index (χ4v) is 2.34. The zero-order valence-electron chi connectivity index (χ0n) is 11.6. The molecule has 0 saturated carbocycles. The summed E-state index contributed by atoms with van der Waals surface area (Å²) in [7, 11) is 0. The van der Waals surface area contributed by atoms with Crippen molar-refractivity contribution in [2.24, 2.45) is 0 Å². The molecule has 0 bridgehead atoms. The Balaban J connectivity index is 2.28. The zero-order valence-corrected chi connectivity index (χ0v) is 11.6. The highest BCUT2D eigenvalue weighted by molar-refractivity contribution is 5.44. The van der Waals surface area contributed by atoms with Crippen LogP contribution in [-0.4, -0.2) is 31.5 Å². The normalized spacial score (nSPS) is 18.1. The van der Waals surface area contributed by atoms with Gasteiger partial charge in [0.05, 0.1) is 18.8 Å². The van der Waals surface area contributed by atoms with E-state index in [0.29, 0.717) is 45.0 Å². The SMILES string of the molecule is CCOc1ccc(C2(O)CCOCC2)cc1OCC. The molecule has 2 rings (SSSR count).